The van der Waals surface area contributed by atoms with Crippen LogP contribution in [-0.4, -0.2) is 30.3 Å². The molecule has 1 N–H and O–H groups in total. The number of halogens is 4. The molecule has 2 rings (SSSR count). The number of nitrogens with one attached hydrogen (secondary N) is 1. The SMILES string of the molecule is O=C(CCOCC(F)(F)F)Nc1ncc(Cc2ccc(F)cc2)s1. The van der Waals surface area contributed by atoms with Crippen molar-refractivity contribution in [1.29, 1.82) is 0 Å². The van der Waals surface area contributed by atoms with Gasteiger partial charge in [-0.2, -0.15) is 13.2 Å². The average molecular weight is 362 g/mol. The summed E-state index contributed by atoms with van der Waals surface area (Å²) in [6.45, 7) is -1.70. The van der Waals surface area contributed by atoms with Crippen molar-refractivity contribution < 1.29 is 27.1 Å². The van der Waals surface area contributed by atoms with Gasteiger partial charge in [0.1, 0.15) is 12.4 Å². The number of thiazole rings is 1. The first-order valence-corrected chi connectivity index (χ1v) is 7.77. The number of aromatic nitrogens is 1. The number of hydrogen-bond acceptors (Lipinski definition) is 4. The number of ether oxygens (including phenoxy) is 1. The zero-order chi connectivity index (χ0) is 17.6. The number of rotatable bonds is 7. The summed E-state index contributed by atoms with van der Waals surface area (Å²) in [5, 5.41) is 2.86. The number of nitrogens with zero attached hydrogens (tertiary/aromatic N) is 1. The highest BCUT2D eigenvalue weighted by atomic mass is 32.1. The Bertz CT molecular complexity index is 671. The lowest BCUT2D eigenvalue weighted by molar-refractivity contribution is -0.174. The fraction of sp³-hybridized carbons (Fsp3) is 0.333. The van der Waals surface area contributed by atoms with Gasteiger partial charge in [-0.05, 0) is 17.7 Å². The number of carbonyl (C=O) groups is 1. The summed E-state index contributed by atoms with van der Waals surface area (Å²) in [5.41, 5.74) is 0.901. The van der Waals surface area contributed by atoms with Crippen LogP contribution in [0.1, 0.15) is 16.9 Å². The predicted octanol–water partition coefficient (Wildman–Crippen LogP) is 3.78. The molecule has 0 bridgehead atoms. The Hall–Kier alpha value is -2.00. The molecule has 0 unspecified atom stereocenters. The molecule has 1 amide bonds. The van der Waals surface area contributed by atoms with E-state index in [-0.39, 0.29) is 18.8 Å². The fourth-order valence-corrected chi connectivity index (χ4v) is 2.65. The van der Waals surface area contributed by atoms with Gasteiger partial charge in [0.05, 0.1) is 13.0 Å². The van der Waals surface area contributed by atoms with Crippen molar-refractivity contribution in [3.05, 3.63) is 46.7 Å². The summed E-state index contributed by atoms with van der Waals surface area (Å²) in [6, 6.07) is 6.04. The second kappa shape index (κ2) is 8.20. The third-order valence-corrected chi connectivity index (χ3v) is 3.74. The van der Waals surface area contributed by atoms with Crippen LogP contribution in [-0.2, 0) is 16.0 Å². The van der Waals surface area contributed by atoms with Gasteiger partial charge in [-0.15, -0.1) is 11.3 Å². The Kier molecular flexibility index (Phi) is 6.27. The number of hydrogen-bond donors (Lipinski definition) is 1. The molecule has 0 saturated carbocycles. The van der Waals surface area contributed by atoms with Crippen LogP contribution in [0, 0.1) is 5.82 Å². The summed E-state index contributed by atoms with van der Waals surface area (Å²) >= 11 is 1.25. The zero-order valence-electron chi connectivity index (χ0n) is 12.4. The van der Waals surface area contributed by atoms with E-state index in [0.717, 1.165) is 10.4 Å². The van der Waals surface area contributed by atoms with Crippen LogP contribution in [0.5, 0.6) is 0 Å². The molecule has 0 fully saturated rings. The summed E-state index contributed by atoms with van der Waals surface area (Å²) < 4.78 is 52.8. The summed E-state index contributed by atoms with van der Waals surface area (Å²) in [4.78, 5) is 16.5. The quantitative estimate of drug-likeness (QED) is 0.602. The van der Waals surface area contributed by atoms with Gasteiger partial charge in [-0.1, -0.05) is 12.1 Å². The van der Waals surface area contributed by atoms with Crippen molar-refractivity contribution in [2.45, 2.75) is 19.0 Å². The molecule has 0 aliphatic heterocycles. The predicted molar refractivity (Wildman–Crippen MR) is 81.4 cm³/mol. The molecule has 0 atom stereocenters. The van der Waals surface area contributed by atoms with Crippen LogP contribution < -0.4 is 5.32 Å². The van der Waals surface area contributed by atoms with Gasteiger partial charge in [0.15, 0.2) is 5.13 Å². The Labute approximate surface area is 139 Å². The zero-order valence-corrected chi connectivity index (χ0v) is 13.2. The fourth-order valence-electron chi connectivity index (χ4n) is 1.78. The maximum atomic E-state index is 12.8. The molecular weight excluding hydrogens is 348 g/mol. The van der Waals surface area contributed by atoms with E-state index < -0.39 is 18.7 Å². The molecule has 0 radical (unpaired) electrons. The molecule has 0 spiro atoms. The Balaban J connectivity index is 1.76. The van der Waals surface area contributed by atoms with E-state index in [1.54, 1.807) is 18.3 Å². The summed E-state index contributed by atoms with van der Waals surface area (Å²) in [5.74, 6) is -0.788. The van der Waals surface area contributed by atoms with Crippen molar-refractivity contribution in [2.75, 3.05) is 18.5 Å². The van der Waals surface area contributed by atoms with Gasteiger partial charge in [0.25, 0.3) is 0 Å². The molecule has 4 nitrogen and oxygen atoms in total. The number of anilines is 1. The average Bonchev–Trinajstić information content (AvgIpc) is 2.92. The van der Waals surface area contributed by atoms with E-state index in [1.807, 2.05) is 0 Å². The van der Waals surface area contributed by atoms with E-state index in [4.69, 9.17) is 0 Å². The van der Waals surface area contributed by atoms with Crippen molar-refractivity contribution in [3.63, 3.8) is 0 Å². The highest BCUT2D eigenvalue weighted by Crippen LogP contribution is 2.21. The van der Waals surface area contributed by atoms with Crippen LogP contribution in [0.2, 0.25) is 0 Å². The molecule has 24 heavy (non-hydrogen) atoms. The first-order valence-electron chi connectivity index (χ1n) is 6.95. The van der Waals surface area contributed by atoms with E-state index >= 15 is 0 Å². The van der Waals surface area contributed by atoms with Crippen LogP contribution >= 0.6 is 11.3 Å². The maximum absolute atomic E-state index is 12.8. The first-order chi connectivity index (χ1) is 11.3. The smallest absolute Gasteiger partial charge is 0.372 e. The molecule has 2 aromatic rings. The molecule has 1 heterocycles. The Morgan fingerprint density at radius 1 is 1.25 bits per heavy atom. The van der Waals surface area contributed by atoms with E-state index in [1.165, 1.54) is 23.5 Å². The molecule has 0 aliphatic rings. The maximum Gasteiger partial charge on any atom is 0.411 e. The van der Waals surface area contributed by atoms with Crippen molar-refractivity contribution in [2.24, 2.45) is 0 Å². The van der Waals surface area contributed by atoms with Gasteiger partial charge in [0, 0.05) is 17.5 Å². The minimum Gasteiger partial charge on any atom is -0.372 e. The monoisotopic (exact) mass is 362 g/mol. The van der Waals surface area contributed by atoms with Crippen LogP contribution in [0.4, 0.5) is 22.7 Å². The molecule has 130 valence electrons. The lowest BCUT2D eigenvalue weighted by Gasteiger charge is -2.07. The number of amides is 1. The Morgan fingerprint density at radius 3 is 2.62 bits per heavy atom. The molecule has 0 saturated heterocycles. The van der Waals surface area contributed by atoms with E-state index in [9.17, 15) is 22.4 Å². The summed E-state index contributed by atoms with van der Waals surface area (Å²) in [6.07, 6.45) is -2.46. The number of alkyl halides is 3. The normalized spacial score (nSPS) is 11.5. The highest BCUT2D eigenvalue weighted by Gasteiger charge is 2.27. The minimum absolute atomic E-state index is 0.192. The van der Waals surface area contributed by atoms with Crippen LogP contribution in [0.25, 0.3) is 0 Å². The van der Waals surface area contributed by atoms with Crippen LogP contribution in [0.15, 0.2) is 30.5 Å². The number of carbonyl (C=O) groups excluding carboxylic acids is 1. The highest BCUT2D eigenvalue weighted by molar-refractivity contribution is 7.15. The number of benzene rings is 1. The van der Waals surface area contributed by atoms with Crippen molar-refractivity contribution >= 4 is 22.4 Å². The Morgan fingerprint density at radius 2 is 1.96 bits per heavy atom. The largest absolute Gasteiger partial charge is 0.411 e. The van der Waals surface area contributed by atoms with E-state index in [2.05, 4.69) is 15.0 Å². The molecule has 9 heteroatoms. The van der Waals surface area contributed by atoms with Gasteiger partial charge >= 0.3 is 6.18 Å². The standard InChI is InChI=1S/C15H14F4N2O2S/c16-11-3-1-10(2-4-11)7-12-8-20-14(24-12)21-13(22)5-6-23-9-15(17,18)19/h1-4,8H,5-7,9H2,(H,20,21,22). The lowest BCUT2D eigenvalue weighted by atomic mass is 10.1. The molecular formula is C15H14F4N2O2S. The minimum atomic E-state index is -4.40. The van der Waals surface area contributed by atoms with Crippen LogP contribution in [0.3, 0.4) is 0 Å². The van der Waals surface area contributed by atoms with Crippen molar-refractivity contribution in [3.8, 4) is 0 Å². The van der Waals surface area contributed by atoms with Gasteiger partial charge in [-0.3, -0.25) is 4.79 Å². The first kappa shape index (κ1) is 18.3. The van der Waals surface area contributed by atoms with Gasteiger partial charge < -0.3 is 10.1 Å². The van der Waals surface area contributed by atoms with Gasteiger partial charge in [-0.25, -0.2) is 9.37 Å². The third-order valence-electron chi connectivity index (χ3n) is 2.83. The second-order valence-electron chi connectivity index (χ2n) is 4.90. The van der Waals surface area contributed by atoms with E-state index in [0.29, 0.717) is 11.6 Å². The van der Waals surface area contributed by atoms with Crippen molar-refractivity contribution in [1.82, 2.24) is 4.98 Å². The molecule has 0 aliphatic carbocycles. The third kappa shape index (κ3) is 6.63. The summed E-state index contributed by atoms with van der Waals surface area (Å²) in [7, 11) is 0. The molecule has 1 aromatic heterocycles. The lowest BCUT2D eigenvalue weighted by Crippen LogP contribution is -2.20. The second-order valence-corrected chi connectivity index (χ2v) is 6.02. The van der Waals surface area contributed by atoms with Gasteiger partial charge in [0.2, 0.25) is 5.91 Å². The topological polar surface area (TPSA) is 51.2 Å². The molecule has 1 aromatic carbocycles.